The first kappa shape index (κ1) is 14.7. The topological polar surface area (TPSA) is 98.6 Å². The minimum atomic E-state index is -0.483. The molecule has 0 saturated carbocycles. The van der Waals surface area contributed by atoms with E-state index in [1.54, 1.807) is 30.3 Å². The lowest BCUT2D eigenvalue weighted by Crippen LogP contribution is -1.89. The lowest BCUT2D eigenvalue weighted by atomic mass is 10.2. The fraction of sp³-hybridized carbons (Fsp3) is 0. The van der Waals surface area contributed by atoms with E-state index in [1.165, 1.54) is 24.4 Å². The molecule has 0 fully saturated rings. The molecule has 0 aliphatic heterocycles. The molecule has 0 bridgehead atoms. The molecular formula is C13H9N3O4S. The van der Waals surface area contributed by atoms with Crippen molar-refractivity contribution in [3.8, 4) is 0 Å². The highest BCUT2D eigenvalue weighted by molar-refractivity contribution is 7.98. The van der Waals surface area contributed by atoms with Gasteiger partial charge in [-0.25, -0.2) is 4.40 Å². The van der Waals surface area contributed by atoms with Gasteiger partial charge in [0.15, 0.2) is 0 Å². The number of nitro benzene ring substituents is 2. The summed E-state index contributed by atoms with van der Waals surface area (Å²) in [5.74, 6) is 0. The third-order valence-corrected chi connectivity index (χ3v) is 3.27. The lowest BCUT2D eigenvalue weighted by Gasteiger charge is -1.97. The Balaban J connectivity index is 2.09. The minimum absolute atomic E-state index is 0.00139. The number of rotatable bonds is 5. The fourth-order valence-electron chi connectivity index (χ4n) is 1.51. The van der Waals surface area contributed by atoms with E-state index in [1.807, 2.05) is 0 Å². The number of nitrogens with zero attached hydrogens (tertiary/aromatic N) is 3. The molecule has 2 aromatic carbocycles. The highest BCUT2D eigenvalue weighted by atomic mass is 32.2. The van der Waals surface area contributed by atoms with Gasteiger partial charge in [0.2, 0.25) is 0 Å². The Labute approximate surface area is 123 Å². The van der Waals surface area contributed by atoms with Crippen LogP contribution in [0.15, 0.2) is 57.8 Å². The average Bonchev–Trinajstić information content (AvgIpc) is 2.48. The summed E-state index contributed by atoms with van der Waals surface area (Å²) < 4.78 is 4.05. The van der Waals surface area contributed by atoms with Crippen LogP contribution in [0.25, 0.3) is 0 Å². The van der Waals surface area contributed by atoms with Crippen LogP contribution in [0.1, 0.15) is 5.56 Å². The Bertz CT molecular complexity index is 701. The second-order valence-corrected chi connectivity index (χ2v) is 4.73. The first-order valence-corrected chi connectivity index (χ1v) is 6.53. The molecule has 0 spiro atoms. The lowest BCUT2D eigenvalue weighted by molar-refractivity contribution is -0.387. The maximum atomic E-state index is 10.8. The molecule has 0 aromatic heterocycles. The fourth-order valence-corrected chi connectivity index (χ4v) is 2.17. The molecule has 106 valence electrons. The molecule has 7 nitrogen and oxygen atoms in total. The van der Waals surface area contributed by atoms with E-state index in [2.05, 4.69) is 4.40 Å². The molecule has 0 atom stereocenters. The third-order valence-electron chi connectivity index (χ3n) is 2.52. The average molecular weight is 303 g/mol. The Morgan fingerprint density at radius 1 is 0.952 bits per heavy atom. The number of non-ortho nitro benzene ring substituents is 1. The highest BCUT2D eigenvalue weighted by Crippen LogP contribution is 2.29. The van der Waals surface area contributed by atoms with Crippen molar-refractivity contribution in [2.75, 3.05) is 0 Å². The van der Waals surface area contributed by atoms with Gasteiger partial charge in [-0.15, -0.1) is 0 Å². The van der Waals surface area contributed by atoms with Gasteiger partial charge in [0, 0.05) is 36.4 Å². The van der Waals surface area contributed by atoms with Crippen LogP contribution in [0.4, 0.5) is 11.4 Å². The molecule has 0 heterocycles. The molecule has 0 amide bonds. The van der Waals surface area contributed by atoms with Crippen LogP contribution < -0.4 is 0 Å². The molecule has 0 N–H and O–H groups in total. The van der Waals surface area contributed by atoms with Crippen molar-refractivity contribution in [2.45, 2.75) is 4.90 Å². The molecule has 8 heteroatoms. The number of hydrogen-bond acceptors (Lipinski definition) is 6. The zero-order chi connectivity index (χ0) is 15.2. The van der Waals surface area contributed by atoms with Gasteiger partial charge in [-0.2, -0.15) is 0 Å². The van der Waals surface area contributed by atoms with Gasteiger partial charge in [0.25, 0.3) is 11.4 Å². The van der Waals surface area contributed by atoms with Crippen molar-refractivity contribution in [2.24, 2.45) is 4.40 Å². The highest BCUT2D eigenvalue weighted by Gasteiger charge is 2.12. The van der Waals surface area contributed by atoms with Crippen LogP contribution >= 0.6 is 11.9 Å². The van der Waals surface area contributed by atoms with E-state index in [0.29, 0.717) is 10.5 Å². The van der Waals surface area contributed by atoms with Crippen LogP contribution in [0, 0.1) is 20.2 Å². The van der Waals surface area contributed by atoms with E-state index < -0.39 is 9.85 Å². The number of hydrogen-bond donors (Lipinski definition) is 0. The Morgan fingerprint density at radius 3 is 2.24 bits per heavy atom. The summed E-state index contributed by atoms with van der Waals surface area (Å²) in [5.41, 5.74) is 0.661. The second-order valence-electron chi connectivity index (χ2n) is 3.90. The SMILES string of the molecule is O=[N+]([O-])c1ccc(/C=N/Sc2ccccc2[N+](=O)[O-])cc1. The summed E-state index contributed by atoms with van der Waals surface area (Å²) >= 11 is 0.975. The molecule has 0 aliphatic carbocycles. The van der Waals surface area contributed by atoms with E-state index in [-0.39, 0.29) is 11.4 Å². The smallest absolute Gasteiger partial charge is 0.258 e. The van der Waals surface area contributed by atoms with Gasteiger partial charge >= 0.3 is 0 Å². The quantitative estimate of drug-likeness (QED) is 0.363. The van der Waals surface area contributed by atoms with E-state index in [9.17, 15) is 20.2 Å². The zero-order valence-electron chi connectivity index (χ0n) is 10.6. The molecule has 0 unspecified atom stereocenters. The summed E-state index contributed by atoms with van der Waals surface area (Å²) in [6.45, 7) is 0. The maximum Gasteiger partial charge on any atom is 0.284 e. The van der Waals surface area contributed by atoms with Crippen molar-refractivity contribution >= 4 is 29.5 Å². The summed E-state index contributed by atoms with van der Waals surface area (Å²) in [6.07, 6.45) is 1.49. The van der Waals surface area contributed by atoms with Gasteiger partial charge in [-0.3, -0.25) is 20.2 Å². The third kappa shape index (κ3) is 3.86. The molecule has 0 aliphatic rings. The van der Waals surface area contributed by atoms with Gasteiger partial charge in [-0.1, -0.05) is 12.1 Å². The second kappa shape index (κ2) is 6.62. The molecule has 0 radical (unpaired) electrons. The van der Waals surface area contributed by atoms with Gasteiger partial charge in [0.05, 0.1) is 9.85 Å². The minimum Gasteiger partial charge on any atom is -0.258 e. The Morgan fingerprint density at radius 2 is 1.62 bits per heavy atom. The van der Waals surface area contributed by atoms with Gasteiger partial charge < -0.3 is 0 Å². The summed E-state index contributed by atoms with van der Waals surface area (Å²) in [6, 6.07) is 12.1. The van der Waals surface area contributed by atoms with Crippen LogP contribution in [-0.4, -0.2) is 16.1 Å². The molecule has 2 aromatic rings. The summed E-state index contributed by atoms with van der Waals surface area (Å²) in [5, 5.41) is 21.3. The number of nitro groups is 2. The van der Waals surface area contributed by atoms with E-state index >= 15 is 0 Å². The standard InChI is InChI=1S/C13H9N3O4S/c17-15(18)11-7-5-10(6-8-11)9-14-21-13-4-2-1-3-12(13)16(19)20/h1-9H/b14-9+. The predicted octanol–water partition coefficient (Wildman–Crippen LogP) is 3.63. The van der Waals surface area contributed by atoms with Crippen LogP contribution in [-0.2, 0) is 0 Å². The van der Waals surface area contributed by atoms with Crippen molar-refractivity contribution in [3.05, 3.63) is 74.3 Å². The van der Waals surface area contributed by atoms with Crippen LogP contribution in [0.3, 0.4) is 0 Å². The largest absolute Gasteiger partial charge is 0.284 e. The Hall–Kier alpha value is -2.74. The number of benzene rings is 2. The molecule has 0 saturated heterocycles. The summed E-state index contributed by atoms with van der Waals surface area (Å²) in [4.78, 5) is 20.8. The van der Waals surface area contributed by atoms with Crippen LogP contribution in [0.2, 0.25) is 0 Å². The van der Waals surface area contributed by atoms with Crippen molar-refractivity contribution in [3.63, 3.8) is 0 Å². The number of para-hydroxylation sites is 1. The van der Waals surface area contributed by atoms with Crippen molar-refractivity contribution in [1.29, 1.82) is 0 Å². The normalized spacial score (nSPS) is 10.7. The van der Waals surface area contributed by atoms with Crippen LogP contribution in [0.5, 0.6) is 0 Å². The van der Waals surface area contributed by atoms with E-state index in [0.717, 1.165) is 11.9 Å². The van der Waals surface area contributed by atoms with Crippen molar-refractivity contribution in [1.82, 2.24) is 0 Å². The first-order valence-electron chi connectivity index (χ1n) is 5.76. The van der Waals surface area contributed by atoms with Gasteiger partial charge in [0.1, 0.15) is 4.90 Å². The maximum absolute atomic E-state index is 10.8. The predicted molar refractivity (Wildman–Crippen MR) is 79.6 cm³/mol. The first-order chi connectivity index (χ1) is 10.1. The monoisotopic (exact) mass is 303 g/mol. The molecular weight excluding hydrogens is 294 g/mol. The zero-order valence-corrected chi connectivity index (χ0v) is 11.4. The van der Waals surface area contributed by atoms with Gasteiger partial charge in [-0.05, 0) is 23.8 Å². The molecule has 21 heavy (non-hydrogen) atoms. The van der Waals surface area contributed by atoms with Crippen molar-refractivity contribution < 1.29 is 9.85 Å². The molecule has 2 rings (SSSR count). The van der Waals surface area contributed by atoms with E-state index in [4.69, 9.17) is 0 Å². The summed E-state index contributed by atoms with van der Waals surface area (Å²) in [7, 11) is 0. The Kier molecular flexibility index (Phi) is 4.62.